The van der Waals surface area contributed by atoms with Crippen LogP contribution in [0, 0.1) is 5.82 Å². The van der Waals surface area contributed by atoms with Gasteiger partial charge in [0.15, 0.2) is 0 Å². The number of amides is 2. The van der Waals surface area contributed by atoms with Gasteiger partial charge < -0.3 is 19.9 Å². The van der Waals surface area contributed by atoms with E-state index in [1.807, 2.05) is 24.4 Å². The van der Waals surface area contributed by atoms with E-state index in [4.69, 9.17) is 4.74 Å². The van der Waals surface area contributed by atoms with Gasteiger partial charge in [0.25, 0.3) is 11.8 Å². The number of hydrogen-bond acceptors (Lipinski definition) is 5. The second kappa shape index (κ2) is 11.5. The van der Waals surface area contributed by atoms with Gasteiger partial charge >= 0.3 is 0 Å². The summed E-state index contributed by atoms with van der Waals surface area (Å²) in [5.74, 6) is -1.53. The van der Waals surface area contributed by atoms with Crippen molar-refractivity contribution in [1.82, 2.24) is 15.2 Å². The molecule has 3 rings (SSSR count). The van der Waals surface area contributed by atoms with Gasteiger partial charge in [0, 0.05) is 37.5 Å². The molecule has 0 fully saturated rings. The largest absolute Gasteiger partial charge is 0.383 e. The number of thiophene rings is 1. The topological polar surface area (TPSA) is 89.4 Å². The summed E-state index contributed by atoms with van der Waals surface area (Å²) < 4.78 is 19.8. The number of nitrogens with zero attached hydrogens (tertiary/aromatic N) is 1. The van der Waals surface area contributed by atoms with E-state index in [0.717, 1.165) is 4.88 Å². The van der Waals surface area contributed by atoms with Crippen LogP contribution in [0.1, 0.15) is 50.5 Å². The zero-order chi connectivity index (χ0) is 23.8. The lowest BCUT2D eigenvalue weighted by Gasteiger charge is -2.17. The maximum Gasteiger partial charge on any atom is 0.257 e. The van der Waals surface area contributed by atoms with Crippen LogP contribution in [0.4, 0.5) is 4.39 Å². The molecule has 1 aromatic carbocycles. The highest BCUT2D eigenvalue weighted by atomic mass is 32.1. The maximum absolute atomic E-state index is 13.1. The molecule has 0 aliphatic heterocycles. The van der Waals surface area contributed by atoms with Crippen LogP contribution >= 0.6 is 11.3 Å². The zero-order valence-corrected chi connectivity index (χ0v) is 19.3. The van der Waals surface area contributed by atoms with Crippen molar-refractivity contribution in [3.63, 3.8) is 0 Å². The van der Waals surface area contributed by atoms with Gasteiger partial charge in [0.1, 0.15) is 16.9 Å². The first-order valence-corrected chi connectivity index (χ1v) is 11.4. The smallest absolute Gasteiger partial charge is 0.257 e. The number of carbonyl (C=O) groups excluding carboxylic acids is 2. The van der Waals surface area contributed by atoms with Gasteiger partial charge in [-0.1, -0.05) is 25.1 Å². The molecule has 0 aliphatic rings. The van der Waals surface area contributed by atoms with Crippen molar-refractivity contribution in [3.8, 4) is 0 Å². The molecular weight excluding hydrogens is 445 g/mol. The maximum atomic E-state index is 13.1. The lowest BCUT2D eigenvalue weighted by Crippen LogP contribution is -2.36. The van der Waals surface area contributed by atoms with Crippen LogP contribution in [-0.2, 0) is 17.8 Å². The molecular formula is C24H26FN3O4S. The third-order valence-electron chi connectivity index (χ3n) is 5.09. The third kappa shape index (κ3) is 6.36. The molecule has 0 spiro atoms. The first-order chi connectivity index (χ1) is 15.9. The van der Waals surface area contributed by atoms with Crippen molar-refractivity contribution in [1.29, 1.82) is 0 Å². The molecule has 0 saturated heterocycles. The summed E-state index contributed by atoms with van der Waals surface area (Å²) >= 11 is 1.52. The number of halogens is 1. The van der Waals surface area contributed by atoms with Gasteiger partial charge in [-0.05, 0) is 35.6 Å². The fourth-order valence-corrected chi connectivity index (χ4v) is 4.12. The molecule has 33 heavy (non-hydrogen) atoms. The average molecular weight is 472 g/mol. The Morgan fingerprint density at radius 3 is 2.42 bits per heavy atom. The van der Waals surface area contributed by atoms with E-state index in [1.165, 1.54) is 35.9 Å². The van der Waals surface area contributed by atoms with Crippen molar-refractivity contribution < 1.29 is 18.7 Å². The minimum atomic E-state index is -0.654. The Morgan fingerprint density at radius 1 is 1.12 bits per heavy atom. The highest BCUT2D eigenvalue weighted by molar-refractivity contribution is 7.10. The standard InChI is InChI=1S/C24H26FN3O4S/c1-3-20(21-5-4-12-33-21)27-24(31)19-15-28(10-11-32-2)14-18(22(19)29)23(30)26-13-16-6-8-17(25)9-7-16/h4-9,12,14-15,20H,3,10-11,13H2,1-2H3,(H,26,30)(H,27,31). The van der Waals surface area contributed by atoms with Crippen LogP contribution in [0.3, 0.4) is 0 Å². The predicted molar refractivity (Wildman–Crippen MR) is 125 cm³/mol. The van der Waals surface area contributed by atoms with E-state index < -0.39 is 17.2 Å². The molecule has 9 heteroatoms. The van der Waals surface area contributed by atoms with Crippen LogP contribution in [0.2, 0.25) is 0 Å². The second-order valence-electron chi connectivity index (χ2n) is 7.40. The molecule has 2 aromatic heterocycles. The van der Waals surface area contributed by atoms with Crippen LogP contribution in [0.15, 0.2) is 59.0 Å². The quantitative estimate of drug-likeness (QED) is 0.474. The number of pyridine rings is 1. The van der Waals surface area contributed by atoms with Crippen molar-refractivity contribution >= 4 is 23.2 Å². The van der Waals surface area contributed by atoms with E-state index in [0.29, 0.717) is 25.1 Å². The highest BCUT2D eigenvalue weighted by Gasteiger charge is 2.22. The number of methoxy groups -OCH3 is 1. The predicted octanol–water partition coefficient (Wildman–Crippen LogP) is 3.51. The Labute approximate surface area is 195 Å². The molecule has 3 aromatic rings. The molecule has 2 heterocycles. The minimum absolute atomic E-state index is 0.114. The van der Waals surface area contributed by atoms with Gasteiger partial charge in [0.05, 0.1) is 12.6 Å². The summed E-state index contributed by atoms with van der Waals surface area (Å²) in [5, 5.41) is 7.49. The van der Waals surface area contributed by atoms with E-state index >= 15 is 0 Å². The third-order valence-corrected chi connectivity index (χ3v) is 6.07. The molecule has 174 valence electrons. The second-order valence-corrected chi connectivity index (χ2v) is 8.38. The van der Waals surface area contributed by atoms with Crippen LogP contribution in [-0.4, -0.2) is 30.1 Å². The molecule has 1 atom stereocenters. The summed E-state index contributed by atoms with van der Waals surface area (Å²) in [7, 11) is 1.54. The molecule has 1 unspecified atom stereocenters. The van der Waals surface area contributed by atoms with Gasteiger partial charge in [0.2, 0.25) is 5.43 Å². The molecule has 2 N–H and O–H groups in total. The summed E-state index contributed by atoms with van der Waals surface area (Å²) in [6.45, 7) is 2.76. The van der Waals surface area contributed by atoms with E-state index in [-0.39, 0.29) is 29.5 Å². The Hall–Kier alpha value is -3.30. The van der Waals surface area contributed by atoms with Crippen molar-refractivity contribution in [3.05, 3.63) is 91.8 Å². The lowest BCUT2D eigenvalue weighted by atomic mass is 10.1. The lowest BCUT2D eigenvalue weighted by molar-refractivity contribution is 0.0933. The Kier molecular flexibility index (Phi) is 8.51. The first kappa shape index (κ1) is 24.3. The van der Waals surface area contributed by atoms with Gasteiger partial charge in [-0.3, -0.25) is 14.4 Å². The number of benzene rings is 1. The number of nitrogens with one attached hydrogen (secondary N) is 2. The van der Waals surface area contributed by atoms with Gasteiger partial charge in [-0.2, -0.15) is 0 Å². The number of ether oxygens (including phenoxy) is 1. The fraction of sp³-hybridized carbons (Fsp3) is 0.292. The monoisotopic (exact) mass is 471 g/mol. The molecule has 0 saturated carbocycles. The summed E-state index contributed by atoms with van der Waals surface area (Å²) in [4.78, 5) is 39.9. The Bertz CT molecular complexity index is 1140. The number of rotatable bonds is 10. The number of aromatic nitrogens is 1. The summed E-state index contributed by atoms with van der Waals surface area (Å²) in [5.41, 5.74) is -0.237. The molecule has 0 radical (unpaired) electrons. The van der Waals surface area contributed by atoms with Gasteiger partial charge in [-0.15, -0.1) is 11.3 Å². The minimum Gasteiger partial charge on any atom is -0.383 e. The molecule has 0 bridgehead atoms. The SMILES string of the molecule is CCC(NC(=O)c1cn(CCOC)cc(C(=O)NCc2ccc(F)cc2)c1=O)c1cccs1. The Morgan fingerprint density at radius 2 is 1.82 bits per heavy atom. The molecule has 2 amide bonds. The number of carbonyl (C=O) groups is 2. The highest BCUT2D eigenvalue weighted by Crippen LogP contribution is 2.22. The normalized spacial score (nSPS) is 11.7. The zero-order valence-electron chi connectivity index (χ0n) is 18.5. The first-order valence-electron chi connectivity index (χ1n) is 10.5. The van der Waals surface area contributed by atoms with Crippen LogP contribution in [0.5, 0.6) is 0 Å². The van der Waals surface area contributed by atoms with E-state index in [2.05, 4.69) is 10.6 Å². The van der Waals surface area contributed by atoms with E-state index in [1.54, 1.807) is 23.8 Å². The van der Waals surface area contributed by atoms with Crippen molar-refractivity contribution in [2.75, 3.05) is 13.7 Å². The Balaban J connectivity index is 1.85. The van der Waals surface area contributed by atoms with Gasteiger partial charge in [-0.25, -0.2) is 4.39 Å². The molecule has 0 aliphatic carbocycles. The van der Waals surface area contributed by atoms with E-state index in [9.17, 15) is 18.8 Å². The van der Waals surface area contributed by atoms with Crippen molar-refractivity contribution in [2.24, 2.45) is 0 Å². The fourth-order valence-electron chi connectivity index (χ4n) is 3.26. The van der Waals surface area contributed by atoms with Crippen molar-refractivity contribution in [2.45, 2.75) is 32.5 Å². The van der Waals surface area contributed by atoms with Crippen LogP contribution < -0.4 is 16.1 Å². The summed E-state index contributed by atoms with van der Waals surface area (Å²) in [6, 6.07) is 9.27. The number of hydrogen-bond donors (Lipinski definition) is 2. The van der Waals surface area contributed by atoms with Crippen LogP contribution in [0.25, 0.3) is 0 Å². The average Bonchev–Trinajstić information content (AvgIpc) is 3.36. The molecule has 7 nitrogen and oxygen atoms in total. The summed E-state index contributed by atoms with van der Waals surface area (Å²) in [6.07, 6.45) is 3.51.